The summed E-state index contributed by atoms with van der Waals surface area (Å²) >= 11 is 0. The molecule has 1 heterocycles. The number of rotatable bonds is 5. The number of nitrogens with one attached hydrogen (secondary N) is 2. The molecule has 2 heteroatoms. The van der Waals surface area contributed by atoms with Crippen molar-refractivity contribution in [1.82, 2.24) is 10.6 Å². The van der Waals surface area contributed by atoms with Crippen molar-refractivity contribution in [2.45, 2.75) is 44.6 Å². The van der Waals surface area contributed by atoms with E-state index in [0.29, 0.717) is 5.41 Å². The van der Waals surface area contributed by atoms with E-state index in [9.17, 15) is 0 Å². The highest BCUT2D eigenvalue weighted by Gasteiger charge is 2.40. The van der Waals surface area contributed by atoms with Crippen LogP contribution in [0.25, 0.3) is 0 Å². The highest BCUT2D eigenvalue weighted by Crippen LogP contribution is 2.42. The van der Waals surface area contributed by atoms with Crippen LogP contribution in [-0.4, -0.2) is 25.7 Å². The van der Waals surface area contributed by atoms with E-state index in [2.05, 4.69) is 47.9 Å². The van der Waals surface area contributed by atoms with Gasteiger partial charge in [-0.05, 0) is 49.8 Å². The molecule has 1 aromatic rings. The minimum atomic E-state index is 0.551. The van der Waals surface area contributed by atoms with E-state index in [1.54, 1.807) is 0 Å². The Morgan fingerprint density at radius 3 is 2.63 bits per heavy atom. The molecule has 2 N–H and O–H groups in total. The molecule has 1 aromatic carbocycles. The van der Waals surface area contributed by atoms with Crippen LogP contribution in [0.4, 0.5) is 0 Å². The van der Waals surface area contributed by atoms with E-state index in [4.69, 9.17) is 0 Å². The summed E-state index contributed by atoms with van der Waals surface area (Å²) in [7, 11) is 0. The third kappa shape index (κ3) is 3.01. The van der Waals surface area contributed by atoms with Crippen LogP contribution < -0.4 is 10.6 Å². The Balaban J connectivity index is 1.51. The molecule has 1 aliphatic carbocycles. The van der Waals surface area contributed by atoms with E-state index >= 15 is 0 Å². The Kier molecular flexibility index (Phi) is 3.90. The monoisotopic (exact) mass is 258 g/mol. The van der Waals surface area contributed by atoms with Gasteiger partial charge >= 0.3 is 0 Å². The van der Waals surface area contributed by atoms with Gasteiger partial charge in [-0.15, -0.1) is 0 Å². The summed E-state index contributed by atoms with van der Waals surface area (Å²) in [5.74, 6) is 0.761. The predicted molar refractivity (Wildman–Crippen MR) is 80.4 cm³/mol. The van der Waals surface area contributed by atoms with Crippen LogP contribution in [0.1, 0.15) is 44.1 Å². The first kappa shape index (κ1) is 13.1. The molecule has 0 aromatic heterocycles. The third-order valence-corrected chi connectivity index (χ3v) is 5.17. The van der Waals surface area contributed by atoms with Gasteiger partial charge in [0.25, 0.3) is 0 Å². The van der Waals surface area contributed by atoms with Gasteiger partial charge in [0.2, 0.25) is 0 Å². The van der Waals surface area contributed by atoms with E-state index in [1.165, 1.54) is 50.9 Å². The standard InChI is InChI=1S/C17H26N2/c1-2-17(8-10-18-11-9-17)13-19-16-12-15(16)14-6-4-3-5-7-14/h3-7,15-16,18-19H,2,8-13H2,1H3. The van der Waals surface area contributed by atoms with Crippen LogP contribution in [-0.2, 0) is 0 Å². The molecule has 1 aliphatic heterocycles. The molecule has 1 saturated carbocycles. The van der Waals surface area contributed by atoms with E-state index in [-0.39, 0.29) is 0 Å². The molecule has 104 valence electrons. The largest absolute Gasteiger partial charge is 0.317 e. The molecule has 2 aliphatic rings. The normalized spacial score (nSPS) is 29.1. The highest BCUT2D eigenvalue weighted by molar-refractivity contribution is 5.27. The Labute approximate surface area is 117 Å². The maximum Gasteiger partial charge on any atom is 0.0143 e. The molecule has 0 spiro atoms. The quantitative estimate of drug-likeness (QED) is 0.848. The summed E-state index contributed by atoms with van der Waals surface area (Å²) in [5.41, 5.74) is 2.06. The van der Waals surface area contributed by atoms with E-state index in [1.807, 2.05) is 0 Å². The van der Waals surface area contributed by atoms with Gasteiger partial charge < -0.3 is 10.6 Å². The molecule has 2 atom stereocenters. The number of hydrogen-bond acceptors (Lipinski definition) is 2. The minimum absolute atomic E-state index is 0.551. The van der Waals surface area contributed by atoms with E-state index in [0.717, 1.165) is 12.0 Å². The molecule has 2 fully saturated rings. The van der Waals surface area contributed by atoms with Gasteiger partial charge in [-0.2, -0.15) is 0 Å². The number of hydrogen-bond donors (Lipinski definition) is 2. The number of piperidine rings is 1. The molecular weight excluding hydrogens is 232 g/mol. The van der Waals surface area contributed by atoms with Gasteiger partial charge in [-0.1, -0.05) is 37.3 Å². The maximum absolute atomic E-state index is 3.84. The molecule has 1 saturated heterocycles. The lowest BCUT2D eigenvalue weighted by Crippen LogP contribution is -2.43. The second-order valence-corrected chi connectivity index (χ2v) is 6.34. The first-order valence-corrected chi connectivity index (χ1v) is 7.82. The zero-order valence-corrected chi connectivity index (χ0v) is 12.0. The Hall–Kier alpha value is -0.860. The summed E-state index contributed by atoms with van der Waals surface area (Å²) in [6.45, 7) is 5.96. The topological polar surface area (TPSA) is 24.1 Å². The maximum atomic E-state index is 3.84. The average Bonchev–Trinajstić information content (AvgIpc) is 3.27. The lowest BCUT2D eigenvalue weighted by atomic mass is 9.76. The fraction of sp³-hybridized carbons (Fsp3) is 0.647. The molecule has 2 unspecified atom stereocenters. The lowest BCUT2D eigenvalue weighted by molar-refractivity contribution is 0.185. The van der Waals surface area contributed by atoms with Crippen LogP contribution in [0, 0.1) is 5.41 Å². The molecule has 0 radical (unpaired) electrons. The van der Waals surface area contributed by atoms with Gasteiger partial charge in [0.15, 0.2) is 0 Å². The van der Waals surface area contributed by atoms with Crippen LogP contribution in [0.2, 0.25) is 0 Å². The van der Waals surface area contributed by atoms with Crippen molar-refractivity contribution < 1.29 is 0 Å². The van der Waals surface area contributed by atoms with Crippen molar-refractivity contribution >= 4 is 0 Å². The second kappa shape index (κ2) is 5.64. The minimum Gasteiger partial charge on any atom is -0.317 e. The first-order valence-electron chi connectivity index (χ1n) is 7.82. The summed E-state index contributed by atoms with van der Waals surface area (Å²) in [6, 6.07) is 11.7. The van der Waals surface area contributed by atoms with Crippen LogP contribution in [0.3, 0.4) is 0 Å². The Morgan fingerprint density at radius 2 is 1.95 bits per heavy atom. The summed E-state index contributed by atoms with van der Waals surface area (Å²) in [6.07, 6.45) is 5.30. The van der Waals surface area contributed by atoms with Crippen molar-refractivity contribution in [3.8, 4) is 0 Å². The van der Waals surface area contributed by atoms with Crippen molar-refractivity contribution in [3.05, 3.63) is 35.9 Å². The second-order valence-electron chi connectivity index (χ2n) is 6.34. The highest BCUT2D eigenvalue weighted by atomic mass is 15.0. The Bertz CT molecular complexity index is 395. The summed E-state index contributed by atoms with van der Waals surface area (Å²) in [4.78, 5) is 0. The number of benzene rings is 1. The van der Waals surface area contributed by atoms with Crippen molar-refractivity contribution in [1.29, 1.82) is 0 Å². The molecule has 3 rings (SSSR count). The van der Waals surface area contributed by atoms with Gasteiger partial charge in [0, 0.05) is 18.5 Å². The summed E-state index contributed by atoms with van der Waals surface area (Å²) < 4.78 is 0. The van der Waals surface area contributed by atoms with Crippen LogP contribution in [0.15, 0.2) is 30.3 Å². The van der Waals surface area contributed by atoms with Gasteiger partial charge in [0.1, 0.15) is 0 Å². The first-order chi connectivity index (χ1) is 9.33. The molecular formula is C17H26N2. The Morgan fingerprint density at radius 1 is 1.21 bits per heavy atom. The average molecular weight is 258 g/mol. The summed E-state index contributed by atoms with van der Waals surface area (Å²) in [5, 5.41) is 7.32. The van der Waals surface area contributed by atoms with Gasteiger partial charge in [-0.25, -0.2) is 0 Å². The smallest absolute Gasteiger partial charge is 0.0143 e. The molecule has 19 heavy (non-hydrogen) atoms. The zero-order valence-electron chi connectivity index (χ0n) is 12.0. The fourth-order valence-corrected chi connectivity index (χ4v) is 3.45. The lowest BCUT2D eigenvalue weighted by Gasteiger charge is -2.37. The van der Waals surface area contributed by atoms with Crippen molar-refractivity contribution in [2.24, 2.45) is 5.41 Å². The fourth-order valence-electron chi connectivity index (χ4n) is 3.45. The van der Waals surface area contributed by atoms with Gasteiger partial charge in [0.05, 0.1) is 0 Å². The SMILES string of the molecule is CCC1(CNC2CC2c2ccccc2)CCNCC1. The van der Waals surface area contributed by atoms with E-state index < -0.39 is 0 Å². The van der Waals surface area contributed by atoms with Crippen molar-refractivity contribution in [2.75, 3.05) is 19.6 Å². The third-order valence-electron chi connectivity index (χ3n) is 5.17. The van der Waals surface area contributed by atoms with Crippen molar-refractivity contribution in [3.63, 3.8) is 0 Å². The molecule has 0 bridgehead atoms. The van der Waals surface area contributed by atoms with Crippen LogP contribution >= 0.6 is 0 Å². The predicted octanol–water partition coefficient (Wildman–Crippen LogP) is 2.91. The molecule has 2 nitrogen and oxygen atoms in total. The zero-order chi connectivity index (χ0) is 13.1. The van der Waals surface area contributed by atoms with Crippen LogP contribution in [0.5, 0.6) is 0 Å². The van der Waals surface area contributed by atoms with Gasteiger partial charge in [-0.3, -0.25) is 0 Å². The molecule has 0 amide bonds.